The number of hydrogen-bond donors (Lipinski definition) is 0. The lowest BCUT2D eigenvalue weighted by Crippen LogP contribution is -2.43. The van der Waals surface area contributed by atoms with E-state index in [1.165, 1.54) is 22.8 Å². The number of Topliss-reactive ketones (excluding diaryl/α,β-unsaturated/α-hetero) is 1. The van der Waals surface area contributed by atoms with Gasteiger partial charge >= 0.3 is 0 Å². The molecule has 0 aliphatic heterocycles. The fraction of sp³-hybridized carbons (Fsp3) is 0.0385. The minimum absolute atomic E-state index is 0.0532. The minimum Gasteiger partial charge on any atom is -0.867 e. The van der Waals surface area contributed by atoms with Gasteiger partial charge in [-0.3, -0.25) is 4.79 Å². The molecule has 1 aliphatic carbocycles. The molecule has 0 saturated carbocycles. The Hall–Kier alpha value is -4.10. The van der Waals surface area contributed by atoms with Gasteiger partial charge in [-0.15, -0.1) is 4.40 Å². The zero-order valence-electron chi connectivity index (χ0n) is 17.6. The third-order valence-corrected chi connectivity index (χ3v) is 6.84. The summed E-state index contributed by atoms with van der Waals surface area (Å²) in [5.74, 6) is -1.08. The van der Waals surface area contributed by atoms with E-state index in [0.29, 0.717) is 0 Å². The summed E-state index contributed by atoms with van der Waals surface area (Å²) in [6.45, 7) is 1.84. The zero-order chi connectivity index (χ0) is 23.2. The number of fused-ring (bicyclic) bond motifs is 2. The van der Waals surface area contributed by atoms with E-state index in [1.807, 2.05) is 31.2 Å². The number of aryl methyl sites for hydroxylation is 1. The maximum atomic E-state index is 13.5. The first-order valence-corrected chi connectivity index (χ1v) is 11.7. The molecule has 0 amide bonds. The van der Waals surface area contributed by atoms with Crippen molar-refractivity contribution >= 4 is 43.7 Å². The summed E-state index contributed by atoms with van der Waals surface area (Å²) in [5, 5.41) is 15.3. The van der Waals surface area contributed by atoms with Crippen LogP contribution >= 0.6 is 0 Å². The van der Waals surface area contributed by atoms with E-state index < -0.39 is 27.3 Å². The first-order valence-electron chi connectivity index (χ1n) is 10.2. The molecule has 0 unspecified atom stereocenters. The summed E-state index contributed by atoms with van der Waals surface area (Å²) < 4.78 is 31.6. The number of ketones is 1. The minimum atomic E-state index is -4.24. The Morgan fingerprint density at radius 1 is 0.818 bits per heavy atom. The van der Waals surface area contributed by atoms with Crippen molar-refractivity contribution in [3.05, 3.63) is 108 Å². The van der Waals surface area contributed by atoms with E-state index in [4.69, 9.17) is 0 Å². The van der Waals surface area contributed by atoms with Crippen molar-refractivity contribution in [2.75, 3.05) is 0 Å². The highest BCUT2D eigenvalue weighted by Crippen LogP contribution is 2.28. The monoisotopic (exact) mass is 454 g/mol. The van der Waals surface area contributed by atoms with Crippen LogP contribution in [0.3, 0.4) is 0 Å². The largest absolute Gasteiger partial charge is 0.867 e. The molecular formula is C26H18N2O4S. The van der Waals surface area contributed by atoms with Gasteiger partial charge < -0.3 is 5.11 Å². The average Bonchev–Trinajstić information content (AvgIpc) is 2.82. The van der Waals surface area contributed by atoms with Gasteiger partial charge in [0.2, 0.25) is 11.5 Å². The fourth-order valence-electron chi connectivity index (χ4n) is 3.83. The number of aromatic nitrogens is 1. The number of rotatable bonds is 3. The summed E-state index contributed by atoms with van der Waals surface area (Å²) in [4.78, 5) is 13.3. The first-order chi connectivity index (χ1) is 15.8. The van der Waals surface area contributed by atoms with Crippen molar-refractivity contribution in [1.82, 2.24) is 0 Å². The predicted molar refractivity (Wildman–Crippen MR) is 124 cm³/mol. The molecule has 1 aromatic heterocycles. The Morgan fingerprint density at radius 3 is 2.18 bits per heavy atom. The van der Waals surface area contributed by atoms with Crippen LogP contribution in [-0.4, -0.2) is 19.9 Å². The SMILES string of the molecule is Cc1ccc(S(=O)(=O)/N=C2\C(=O)c3ccccc3C([O-])=C2[n+]2ccc3ccccc3c2)cc1. The molecule has 0 fully saturated rings. The van der Waals surface area contributed by atoms with Gasteiger partial charge in [0, 0.05) is 17.0 Å². The van der Waals surface area contributed by atoms with Crippen LogP contribution in [-0.2, 0) is 10.0 Å². The van der Waals surface area contributed by atoms with Gasteiger partial charge in [0.25, 0.3) is 10.0 Å². The molecule has 1 aliphatic rings. The van der Waals surface area contributed by atoms with E-state index in [-0.39, 0.29) is 21.7 Å². The number of allylic oxidation sites excluding steroid dienone is 1. The number of hydrogen-bond acceptors (Lipinski definition) is 4. The standard InChI is InChI=1S/C26H18N2O4S/c1-17-10-12-20(13-11-17)33(31,32)27-23-24(26(30)22-9-5-4-8-21(22)25(23)29)28-15-14-18-6-2-3-7-19(18)16-28/h2-16H,1H3. The van der Waals surface area contributed by atoms with Crippen LogP contribution < -0.4 is 9.67 Å². The third kappa shape index (κ3) is 3.62. The summed E-state index contributed by atoms with van der Waals surface area (Å²) in [6.07, 6.45) is 3.32. The van der Waals surface area contributed by atoms with Gasteiger partial charge in [-0.2, -0.15) is 13.0 Å². The maximum absolute atomic E-state index is 13.5. The maximum Gasteiger partial charge on any atom is 0.283 e. The van der Waals surface area contributed by atoms with Crippen LogP contribution in [0.1, 0.15) is 21.5 Å². The molecule has 162 valence electrons. The van der Waals surface area contributed by atoms with Gasteiger partial charge in [0.15, 0.2) is 18.1 Å². The van der Waals surface area contributed by atoms with Crippen molar-refractivity contribution in [3.63, 3.8) is 0 Å². The molecule has 6 nitrogen and oxygen atoms in total. The quantitative estimate of drug-likeness (QED) is 0.445. The van der Waals surface area contributed by atoms with E-state index >= 15 is 0 Å². The number of benzene rings is 3. The zero-order valence-corrected chi connectivity index (χ0v) is 18.4. The molecule has 0 radical (unpaired) electrons. The highest BCUT2D eigenvalue weighted by atomic mass is 32.2. The smallest absolute Gasteiger partial charge is 0.283 e. The van der Waals surface area contributed by atoms with Crippen LogP contribution in [0.2, 0.25) is 0 Å². The van der Waals surface area contributed by atoms with Crippen LogP contribution in [0, 0.1) is 6.92 Å². The lowest BCUT2D eigenvalue weighted by atomic mass is 9.91. The molecule has 0 spiro atoms. The van der Waals surface area contributed by atoms with Crippen molar-refractivity contribution in [3.8, 4) is 0 Å². The number of carbonyl (C=O) groups excluding carboxylic acids is 1. The average molecular weight is 455 g/mol. The van der Waals surface area contributed by atoms with Crippen LogP contribution in [0.4, 0.5) is 0 Å². The second-order valence-corrected chi connectivity index (χ2v) is 9.37. The van der Waals surface area contributed by atoms with E-state index in [1.54, 1.807) is 48.8 Å². The van der Waals surface area contributed by atoms with Crippen LogP contribution in [0.15, 0.2) is 101 Å². The summed E-state index contributed by atoms with van der Waals surface area (Å²) >= 11 is 0. The number of carbonyl (C=O) groups is 1. The Bertz CT molecular complexity index is 1600. The Labute approximate surface area is 190 Å². The van der Waals surface area contributed by atoms with E-state index in [9.17, 15) is 18.3 Å². The molecule has 7 heteroatoms. The fourth-order valence-corrected chi connectivity index (χ4v) is 4.82. The van der Waals surface area contributed by atoms with Crippen molar-refractivity contribution in [2.45, 2.75) is 11.8 Å². The normalized spacial score (nSPS) is 15.2. The summed E-state index contributed by atoms with van der Waals surface area (Å²) in [6, 6.07) is 21.9. The van der Waals surface area contributed by atoms with E-state index in [2.05, 4.69) is 4.40 Å². The Balaban J connectivity index is 1.77. The lowest BCUT2D eigenvalue weighted by Gasteiger charge is -2.23. The molecule has 0 N–H and O–H groups in total. The molecule has 0 saturated heterocycles. The summed E-state index contributed by atoms with van der Waals surface area (Å²) in [5.41, 5.74) is 0.730. The predicted octanol–water partition coefficient (Wildman–Crippen LogP) is 3.15. The van der Waals surface area contributed by atoms with Crippen molar-refractivity contribution in [2.24, 2.45) is 4.40 Å². The van der Waals surface area contributed by atoms with Crippen LogP contribution in [0.5, 0.6) is 0 Å². The van der Waals surface area contributed by atoms with Gasteiger partial charge in [0.05, 0.1) is 4.90 Å². The second-order valence-electron chi connectivity index (χ2n) is 7.76. The highest BCUT2D eigenvalue weighted by Gasteiger charge is 2.35. The van der Waals surface area contributed by atoms with Gasteiger partial charge in [0.1, 0.15) is 0 Å². The highest BCUT2D eigenvalue weighted by molar-refractivity contribution is 7.90. The molecule has 33 heavy (non-hydrogen) atoms. The molecule has 0 atom stereocenters. The molecule has 4 aromatic rings. The third-order valence-electron chi connectivity index (χ3n) is 5.55. The molecule has 1 heterocycles. The molecular weight excluding hydrogens is 436 g/mol. The molecule has 5 rings (SSSR count). The topological polar surface area (TPSA) is 90.5 Å². The van der Waals surface area contributed by atoms with Crippen molar-refractivity contribution in [1.29, 1.82) is 0 Å². The Kier molecular flexibility index (Phi) is 4.91. The van der Waals surface area contributed by atoms with Gasteiger partial charge in [-0.1, -0.05) is 60.2 Å². The number of nitrogens with zero attached hydrogens (tertiary/aromatic N) is 2. The first kappa shape index (κ1) is 20.8. The Morgan fingerprint density at radius 2 is 1.45 bits per heavy atom. The second kappa shape index (κ2) is 7.79. The van der Waals surface area contributed by atoms with Gasteiger partial charge in [-0.05, 0) is 41.8 Å². The number of sulfonamides is 1. The van der Waals surface area contributed by atoms with Gasteiger partial charge in [-0.25, -0.2) is 0 Å². The lowest BCUT2D eigenvalue weighted by molar-refractivity contribution is -0.576. The molecule has 0 bridgehead atoms. The number of pyridine rings is 1. The van der Waals surface area contributed by atoms with E-state index in [0.717, 1.165) is 16.3 Å². The molecule has 3 aromatic carbocycles. The van der Waals surface area contributed by atoms with Crippen molar-refractivity contribution < 1.29 is 22.9 Å². The summed E-state index contributed by atoms with van der Waals surface area (Å²) in [7, 11) is -4.24. The van der Waals surface area contributed by atoms with Crippen LogP contribution in [0.25, 0.3) is 22.2 Å².